The van der Waals surface area contributed by atoms with Gasteiger partial charge in [-0.1, -0.05) is 5.16 Å². The van der Waals surface area contributed by atoms with Crippen molar-refractivity contribution in [2.45, 2.75) is 12.8 Å². The highest BCUT2D eigenvalue weighted by Crippen LogP contribution is 2.27. The molecule has 0 saturated heterocycles. The third-order valence-corrected chi connectivity index (χ3v) is 2.23. The molecule has 1 aromatic carbocycles. The van der Waals surface area contributed by atoms with Crippen molar-refractivity contribution in [1.29, 1.82) is 0 Å². The SMILES string of the molecule is ON=C1CCc2c(F)ccc(F)c21. The van der Waals surface area contributed by atoms with Gasteiger partial charge in [0.15, 0.2) is 0 Å². The van der Waals surface area contributed by atoms with E-state index >= 15 is 0 Å². The monoisotopic (exact) mass is 183 g/mol. The largest absolute Gasteiger partial charge is 0.411 e. The van der Waals surface area contributed by atoms with Crippen LogP contribution in [0.25, 0.3) is 0 Å². The third kappa shape index (κ3) is 1.09. The molecule has 0 spiro atoms. The van der Waals surface area contributed by atoms with Gasteiger partial charge in [0.05, 0.1) is 5.71 Å². The molecular weight excluding hydrogens is 176 g/mol. The van der Waals surface area contributed by atoms with Gasteiger partial charge in [-0.2, -0.15) is 0 Å². The third-order valence-electron chi connectivity index (χ3n) is 2.23. The zero-order valence-electron chi connectivity index (χ0n) is 6.72. The number of halogens is 2. The van der Waals surface area contributed by atoms with E-state index in [4.69, 9.17) is 5.21 Å². The van der Waals surface area contributed by atoms with Crippen LogP contribution in [0.4, 0.5) is 8.78 Å². The summed E-state index contributed by atoms with van der Waals surface area (Å²) in [4.78, 5) is 0. The highest BCUT2D eigenvalue weighted by atomic mass is 19.1. The number of hydrogen-bond acceptors (Lipinski definition) is 2. The number of fused-ring (bicyclic) bond motifs is 1. The van der Waals surface area contributed by atoms with Crippen molar-refractivity contribution in [3.63, 3.8) is 0 Å². The van der Waals surface area contributed by atoms with E-state index in [9.17, 15) is 8.78 Å². The average Bonchev–Trinajstić information content (AvgIpc) is 2.56. The van der Waals surface area contributed by atoms with Gasteiger partial charge in [0.25, 0.3) is 0 Å². The van der Waals surface area contributed by atoms with Crippen LogP contribution in [0.5, 0.6) is 0 Å². The van der Waals surface area contributed by atoms with Crippen molar-refractivity contribution < 1.29 is 14.0 Å². The Balaban J connectivity index is 2.69. The first-order valence-electron chi connectivity index (χ1n) is 3.92. The lowest BCUT2D eigenvalue weighted by molar-refractivity contribution is 0.318. The second-order valence-corrected chi connectivity index (χ2v) is 2.93. The van der Waals surface area contributed by atoms with Crippen LogP contribution in [0.2, 0.25) is 0 Å². The zero-order chi connectivity index (χ0) is 9.42. The molecule has 13 heavy (non-hydrogen) atoms. The molecule has 1 N–H and O–H groups in total. The first kappa shape index (κ1) is 8.16. The first-order chi connectivity index (χ1) is 6.24. The summed E-state index contributed by atoms with van der Waals surface area (Å²) in [5.74, 6) is -0.961. The molecule has 0 atom stereocenters. The van der Waals surface area contributed by atoms with Gasteiger partial charge in [-0.3, -0.25) is 0 Å². The number of nitrogens with zero attached hydrogens (tertiary/aromatic N) is 1. The van der Waals surface area contributed by atoms with Crippen LogP contribution in [0.1, 0.15) is 17.5 Å². The van der Waals surface area contributed by atoms with Crippen LogP contribution >= 0.6 is 0 Å². The van der Waals surface area contributed by atoms with Crippen LogP contribution in [0.15, 0.2) is 17.3 Å². The molecule has 1 aromatic rings. The van der Waals surface area contributed by atoms with Gasteiger partial charge in [-0.15, -0.1) is 0 Å². The van der Waals surface area contributed by atoms with Gasteiger partial charge in [0.2, 0.25) is 0 Å². The lowest BCUT2D eigenvalue weighted by Gasteiger charge is -2.01. The molecule has 0 amide bonds. The molecule has 0 fully saturated rings. The summed E-state index contributed by atoms with van der Waals surface area (Å²) in [6.45, 7) is 0. The molecule has 0 bridgehead atoms. The van der Waals surface area contributed by atoms with Crippen molar-refractivity contribution in [2.24, 2.45) is 5.16 Å². The van der Waals surface area contributed by atoms with Crippen LogP contribution < -0.4 is 0 Å². The van der Waals surface area contributed by atoms with Gasteiger partial charge < -0.3 is 5.21 Å². The first-order valence-corrected chi connectivity index (χ1v) is 3.92. The van der Waals surface area contributed by atoms with Crippen LogP contribution in [0, 0.1) is 11.6 Å². The summed E-state index contributed by atoms with van der Waals surface area (Å²) in [5.41, 5.74) is 0.669. The molecule has 0 unspecified atom stereocenters. The Hall–Kier alpha value is -1.45. The van der Waals surface area contributed by atoms with Gasteiger partial charge in [-0.05, 0) is 25.0 Å². The fraction of sp³-hybridized carbons (Fsp3) is 0.222. The smallest absolute Gasteiger partial charge is 0.132 e. The zero-order valence-corrected chi connectivity index (χ0v) is 6.72. The second kappa shape index (κ2) is 2.80. The van der Waals surface area contributed by atoms with Crippen molar-refractivity contribution >= 4 is 5.71 Å². The molecule has 0 heterocycles. The molecule has 1 aliphatic carbocycles. The maximum absolute atomic E-state index is 13.1. The highest BCUT2D eigenvalue weighted by Gasteiger charge is 2.25. The molecule has 68 valence electrons. The summed E-state index contributed by atoms with van der Waals surface area (Å²) in [6.07, 6.45) is 0.794. The van der Waals surface area contributed by atoms with Crippen molar-refractivity contribution in [2.75, 3.05) is 0 Å². The van der Waals surface area contributed by atoms with E-state index in [1.54, 1.807) is 0 Å². The van der Waals surface area contributed by atoms with Gasteiger partial charge in [-0.25, -0.2) is 8.78 Å². The Morgan fingerprint density at radius 1 is 1.15 bits per heavy atom. The molecule has 0 saturated carbocycles. The van der Waals surface area contributed by atoms with Crippen LogP contribution in [-0.2, 0) is 6.42 Å². The van der Waals surface area contributed by atoms with Gasteiger partial charge >= 0.3 is 0 Å². The lowest BCUT2D eigenvalue weighted by Crippen LogP contribution is -1.99. The van der Waals surface area contributed by atoms with Crippen molar-refractivity contribution in [3.8, 4) is 0 Å². The van der Waals surface area contributed by atoms with E-state index in [-0.39, 0.29) is 11.3 Å². The van der Waals surface area contributed by atoms with Crippen LogP contribution in [0.3, 0.4) is 0 Å². The van der Waals surface area contributed by atoms with Gasteiger partial charge in [0.1, 0.15) is 11.6 Å². The number of hydrogen-bond donors (Lipinski definition) is 1. The minimum Gasteiger partial charge on any atom is -0.411 e. The summed E-state index contributed by atoms with van der Waals surface area (Å²) in [5, 5.41) is 11.5. The van der Waals surface area contributed by atoms with E-state index in [1.165, 1.54) is 0 Å². The van der Waals surface area contributed by atoms with Crippen molar-refractivity contribution in [1.82, 2.24) is 0 Å². The van der Waals surface area contributed by atoms with E-state index < -0.39 is 11.6 Å². The van der Waals surface area contributed by atoms with E-state index in [2.05, 4.69) is 5.16 Å². The molecule has 0 aromatic heterocycles. The Bertz CT molecular complexity index is 387. The number of oxime groups is 1. The molecule has 0 aliphatic heterocycles. The van der Waals surface area contributed by atoms with Crippen molar-refractivity contribution in [3.05, 3.63) is 34.9 Å². The Morgan fingerprint density at radius 3 is 2.54 bits per heavy atom. The van der Waals surface area contributed by atoms with E-state index in [0.29, 0.717) is 18.4 Å². The molecule has 4 heteroatoms. The summed E-state index contributed by atoms with van der Waals surface area (Å²) < 4.78 is 26.2. The fourth-order valence-electron chi connectivity index (χ4n) is 1.62. The minimum absolute atomic E-state index is 0.127. The summed E-state index contributed by atoms with van der Waals surface area (Å²) in [6, 6.07) is 2.14. The average molecular weight is 183 g/mol. The molecular formula is C9H7F2NO. The Morgan fingerprint density at radius 2 is 1.85 bits per heavy atom. The standard InChI is InChI=1S/C9H7F2NO/c10-6-2-3-7(11)9-5(6)1-4-8(9)12-13/h2-3,13H,1,4H2. The van der Waals surface area contributed by atoms with E-state index in [0.717, 1.165) is 12.1 Å². The van der Waals surface area contributed by atoms with Gasteiger partial charge in [0, 0.05) is 11.1 Å². The minimum atomic E-state index is -0.526. The van der Waals surface area contributed by atoms with Crippen LogP contribution in [-0.4, -0.2) is 10.9 Å². The molecule has 2 nitrogen and oxygen atoms in total. The summed E-state index contributed by atoms with van der Waals surface area (Å²) >= 11 is 0. The highest BCUT2D eigenvalue weighted by molar-refractivity contribution is 6.04. The normalized spacial score (nSPS) is 17.8. The topological polar surface area (TPSA) is 32.6 Å². The lowest BCUT2D eigenvalue weighted by atomic mass is 10.1. The van der Waals surface area contributed by atoms with E-state index in [1.807, 2.05) is 0 Å². The predicted molar refractivity (Wildman–Crippen MR) is 43.0 cm³/mol. The maximum atomic E-state index is 13.1. The Kier molecular flexibility index (Phi) is 1.76. The second-order valence-electron chi connectivity index (χ2n) is 2.93. The number of benzene rings is 1. The molecule has 1 aliphatic rings. The predicted octanol–water partition coefficient (Wildman–Crippen LogP) is 2.09. The molecule has 0 radical (unpaired) electrons. The Labute approximate surface area is 73.5 Å². The number of rotatable bonds is 0. The molecule has 2 rings (SSSR count). The maximum Gasteiger partial charge on any atom is 0.132 e. The quantitative estimate of drug-likeness (QED) is 0.484. The summed E-state index contributed by atoms with van der Waals surface area (Å²) in [7, 11) is 0. The fourth-order valence-corrected chi connectivity index (χ4v) is 1.62.